The van der Waals surface area contributed by atoms with E-state index < -0.39 is 16.1 Å². The van der Waals surface area contributed by atoms with Crippen LogP contribution in [0.15, 0.2) is 48.5 Å². The highest BCUT2D eigenvalue weighted by Crippen LogP contribution is 2.22. The molecule has 0 radical (unpaired) electrons. The topological polar surface area (TPSA) is 75.7 Å². The Morgan fingerprint density at radius 3 is 2.18 bits per heavy atom. The summed E-state index contributed by atoms with van der Waals surface area (Å²) in [6.07, 6.45) is 1.02. The molecule has 28 heavy (non-hydrogen) atoms. The Morgan fingerprint density at radius 1 is 1.11 bits per heavy atom. The lowest BCUT2D eigenvalue weighted by molar-refractivity contribution is -0.128. The fourth-order valence-electron chi connectivity index (χ4n) is 2.66. The molecule has 2 atom stereocenters. The summed E-state index contributed by atoms with van der Waals surface area (Å²) in [4.78, 5) is 12.6. The largest absolute Gasteiger partial charge is 0.481 e. The first-order chi connectivity index (χ1) is 13.1. The third-order valence-corrected chi connectivity index (χ3v) is 5.78. The molecule has 1 N–H and O–H groups in total. The second-order valence-electron chi connectivity index (χ2n) is 6.88. The number of rotatable bonds is 8. The molecule has 0 aliphatic heterocycles. The molecule has 0 saturated heterocycles. The fraction of sp³-hybridized carbons (Fsp3) is 0.381. The highest BCUT2D eigenvalue weighted by molar-refractivity contribution is 7.92. The maximum Gasteiger partial charge on any atom is 0.261 e. The molecule has 7 heteroatoms. The molecular weight excluding hydrogens is 376 g/mol. The molecule has 152 valence electrons. The third-order valence-electron chi connectivity index (χ3n) is 4.58. The molecular formula is C21H28N2O4S. The van der Waals surface area contributed by atoms with Gasteiger partial charge in [-0.3, -0.25) is 9.10 Å². The van der Waals surface area contributed by atoms with Gasteiger partial charge in [-0.25, -0.2) is 8.42 Å². The second kappa shape index (κ2) is 9.10. The van der Waals surface area contributed by atoms with E-state index in [1.165, 1.54) is 16.9 Å². The minimum absolute atomic E-state index is 0.128. The number of aryl methyl sites for hydroxylation is 1. The van der Waals surface area contributed by atoms with Crippen LogP contribution in [-0.4, -0.2) is 33.7 Å². The summed E-state index contributed by atoms with van der Waals surface area (Å²) in [5.41, 5.74) is 2.73. The molecule has 0 aliphatic rings. The first-order valence-electron chi connectivity index (χ1n) is 9.19. The SMILES string of the molecule is CC[C@@H](Oc1ccc(N(C)S(C)(=O)=O)cc1)C(=O)N[C@H](C)c1ccc(C)cc1. The third kappa shape index (κ3) is 5.73. The normalized spacial score (nSPS) is 13.5. The summed E-state index contributed by atoms with van der Waals surface area (Å²) in [6, 6.07) is 14.5. The van der Waals surface area contributed by atoms with Crippen LogP contribution < -0.4 is 14.4 Å². The predicted molar refractivity (Wildman–Crippen MR) is 112 cm³/mol. The van der Waals surface area contributed by atoms with Gasteiger partial charge in [-0.15, -0.1) is 0 Å². The number of anilines is 1. The van der Waals surface area contributed by atoms with Gasteiger partial charge in [0.1, 0.15) is 5.75 Å². The van der Waals surface area contributed by atoms with Gasteiger partial charge >= 0.3 is 0 Å². The molecule has 0 unspecified atom stereocenters. The first kappa shape index (κ1) is 21.8. The first-order valence-corrected chi connectivity index (χ1v) is 11.0. The van der Waals surface area contributed by atoms with E-state index in [0.29, 0.717) is 17.9 Å². The standard InChI is InChI=1S/C21H28N2O4S/c1-6-20(21(24)22-16(3)17-9-7-15(2)8-10-17)27-19-13-11-18(12-14-19)23(4)28(5,25)26/h7-14,16,20H,6H2,1-5H3,(H,22,24)/t16-,20-/m1/s1. The van der Waals surface area contributed by atoms with Gasteiger partial charge in [-0.2, -0.15) is 0 Å². The number of amides is 1. The quantitative estimate of drug-likeness (QED) is 0.731. The number of ether oxygens (including phenoxy) is 1. The lowest BCUT2D eigenvalue weighted by Crippen LogP contribution is -2.39. The smallest absolute Gasteiger partial charge is 0.261 e. The van der Waals surface area contributed by atoms with E-state index in [1.54, 1.807) is 24.3 Å². The zero-order valence-electron chi connectivity index (χ0n) is 17.0. The van der Waals surface area contributed by atoms with E-state index in [4.69, 9.17) is 4.74 Å². The molecule has 0 aliphatic carbocycles. The van der Waals surface area contributed by atoms with Crippen molar-refractivity contribution in [2.75, 3.05) is 17.6 Å². The van der Waals surface area contributed by atoms with E-state index in [9.17, 15) is 13.2 Å². The molecule has 0 heterocycles. The van der Waals surface area contributed by atoms with Gasteiger partial charge in [-0.1, -0.05) is 36.8 Å². The van der Waals surface area contributed by atoms with Crippen molar-refractivity contribution in [2.45, 2.75) is 39.3 Å². The highest BCUT2D eigenvalue weighted by atomic mass is 32.2. The number of nitrogens with one attached hydrogen (secondary N) is 1. The Labute approximate surface area is 167 Å². The van der Waals surface area contributed by atoms with Crippen LogP contribution in [0.5, 0.6) is 5.75 Å². The number of benzene rings is 2. The molecule has 0 spiro atoms. The average molecular weight is 405 g/mol. The Bertz CT molecular complexity index is 893. The molecule has 1 amide bonds. The molecule has 6 nitrogen and oxygen atoms in total. The van der Waals surface area contributed by atoms with Gasteiger partial charge in [0, 0.05) is 7.05 Å². The summed E-state index contributed by atoms with van der Waals surface area (Å²) in [6.45, 7) is 5.84. The highest BCUT2D eigenvalue weighted by Gasteiger charge is 2.21. The minimum atomic E-state index is -3.32. The zero-order chi connectivity index (χ0) is 20.9. The van der Waals surface area contributed by atoms with Crippen LogP contribution in [0, 0.1) is 6.92 Å². The van der Waals surface area contributed by atoms with E-state index in [2.05, 4.69) is 5.32 Å². The van der Waals surface area contributed by atoms with Crippen LogP contribution in [0.4, 0.5) is 5.69 Å². The van der Waals surface area contributed by atoms with Crippen LogP contribution in [0.2, 0.25) is 0 Å². The van der Waals surface area contributed by atoms with E-state index in [0.717, 1.165) is 11.8 Å². The van der Waals surface area contributed by atoms with Crippen LogP contribution in [0.1, 0.15) is 37.4 Å². The number of carbonyl (C=O) groups is 1. The van der Waals surface area contributed by atoms with Crippen LogP contribution in [-0.2, 0) is 14.8 Å². The number of nitrogens with zero attached hydrogens (tertiary/aromatic N) is 1. The maximum absolute atomic E-state index is 12.6. The van der Waals surface area contributed by atoms with Crippen molar-refractivity contribution in [2.24, 2.45) is 0 Å². The average Bonchev–Trinajstić information content (AvgIpc) is 2.65. The maximum atomic E-state index is 12.6. The lowest BCUT2D eigenvalue weighted by Gasteiger charge is -2.21. The summed E-state index contributed by atoms with van der Waals surface area (Å²) in [7, 11) is -1.84. The van der Waals surface area contributed by atoms with Crippen LogP contribution in [0.3, 0.4) is 0 Å². The predicted octanol–water partition coefficient (Wildman–Crippen LogP) is 3.43. The van der Waals surface area contributed by atoms with E-state index in [1.807, 2.05) is 45.0 Å². The second-order valence-corrected chi connectivity index (χ2v) is 8.89. The number of hydrogen-bond acceptors (Lipinski definition) is 4. The monoisotopic (exact) mass is 404 g/mol. The van der Waals surface area contributed by atoms with Gasteiger partial charge < -0.3 is 10.1 Å². The van der Waals surface area contributed by atoms with Crippen molar-refractivity contribution >= 4 is 21.6 Å². The van der Waals surface area contributed by atoms with Crippen molar-refractivity contribution < 1.29 is 17.9 Å². The van der Waals surface area contributed by atoms with Crippen molar-refractivity contribution in [3.8, 4) is 5.75 Å². The van der Waals surface area contributed by atoms with Gasteiger partial charge in [0.25, 0.3) is 5.91 Å². The number of carbonyl (C=O) groups excluding carboxylic acids is 1. The molecule has 0 fully saturated rings. The van der Waals surface area contributed by atoms with Gasteiger partial charge in [-0.05, 0) is 50.1 Å². The van der Waals surface area contributed by atoms with Gasteiger partial charge in [0.05, 0.1) is 18.0 Å². The van der Waals surface area contributed by atoms with Gasteiger partial charge in [0.2, 0.25) is 10.0 Å². The number of hydrogen-bond donors (Lipinski definition) is 1. The Kier molecular flexibility index (Phi) is 7.07. The lowest BCUT2D eigenvalue weighted by atomic mass is 10.1. The van der Waals surface area contributed by atoms with Crippen molar-refractivity contribution in [1.29, 1.82) is 0 Å². The summed E-state index contributed by atoms with van der Waals surface area (Å²) < 4.78 is 30.2. The molecule has 0 saturated carbocycles. The van der Waals surface area contributed by atoms with Crippen molar-refractivity contribution in [3.63, 3.8) is 0 Å². The molecule has 2 aromatic carbocycles. The Morgan fingerprint density at radius 2 is 1.68 bits per heavy atom. The van der Waals surface area contributed by atoms with Crippen LogP contribution in [0.25, 0.3) is 0 Å². The van der Waals surface area contributed by atoms with E-state index in [-0.39, 0.29) is 11.9 Å². The minimum Gasteiger partial charge on any atom is -0.481 e. The number of sulfonamides is 1. The van der Waals surface area contributed by atoms with E-state index >= 15 is 0 Å². The van der Waals surface area contributed by atoms with Crippen molar-refractivity contribution in [3.05, 3.63) is 59.7 Å². The molecule has 0 aromatic heterocycles. The molecule has 2 rings (SSSR count). The molecule has 2 aromatic rings. The molecule has 0 bridgehead atoms. The fourth-order valence-corrected chi connectivity index (χ4v) is 3.16. The Balaban J connectivity index is 2.02. The summed E-state index contributed by atoms with van der Waals surface area (Å²) >= 11 is 0. The summed E-state index contributed by atoms with van der Waals surface area (Å²) in [5, 5.41) is 2.98. The van der Waals surface area contributed by atoms with Crippen molar-refractivity contribution in [1.82, 2.24) is 5.32 Å². The zero-order valence-corrected chi connectivity index (χ0v) is 17.8. The van der Waals surface area contributed by atoms with Crippen LogP contribution >= 0.6 is 0 Å². The summed E-state index contributed by atoms with van der Waals surface area (Å²) in [5.74, 6) is 0.323. The van der Waals surface area contributed by atoms with Gasteiger partial charge in [0.15, 0.2) is 6.10 Å². The Hall–Kier alpha value is -2.54.